The number of hydrogen-bond acceptors (Lipinski definition) is 5. The lowest BCUT2D eigenvalue weighted by atomic mass is 9.48. The highest BCUT2D eigenvalue weighted by Gasteiger charge is 2.74. The molecule has 1 spiro atoms. The molecule has 0 unspecified atom stereocenters. The van der Waals surface area contributed by atoms with Crippen molar-refractivity contribution in [3.05, 3.63) is 95.1 Å². The van der Waals surface area contributed by atoms with Crippen LogP contribution in [0.4, 0.5) is 0 Å². The van der Waals surface area contributed by atoms with Crippen LogP contribution in [0.1, 0.15) is 54.4 Å². The molecule has 5 aliphatic rings. The minimum atomic E-state index is -0.511. The van der Waals surface area contributed by atoms with E-state index in [0.717, 1.165) is 55.3 Å². The van der Waals surface area contributed by atoms with Crippen LogP contribution in [-0.2, 0) is 34.6 Å². The fourth-order valence-electron chi connectivity index (χ4n) is 8.15. The SMILES string of the molecule is O=C1CC[C@@]2(OCc3ccccc3)[C@H]3Cc4ccc(OCc5ccccc5)c5c4[C@@]2(CCN3CC2CC2)[C@H]1O5. The second-order valence-electron chi connectivity index (χ2n) is 12.2. The summed E-state index contributed by atoms with van der Waals surface area (Å²) in [5.41, 5.74) is 3.84. The fourth-order valence-corrected chi connectivity index (χ4v) is 8.15. The standard InChI is InChI=1S/C34H35NO4/c36-27-15-16-34(38-22-25-9-5-2-6-10-25)29-19-26-13-14-28(37-21-24-7-3-1-4-8-24)31-30(26)33(34,32(27)39-31)17-18-35(29)20-23-11-12-23/h1-10,13-14,23,29,32H,11-12,15-22H2/t29-,32+,33+,34-/m1/s1. The maximum absolute atomic E-state index is 13.7. The smallest absolute Gasteiger partial charge is 0.174 e. The van der Waals surface area contributed by atoms with Gasteiger partial charge in [-0.05, 0) is 67.3 Å². The molecule has 200 valence electrons. The van der Waals surface area contributed by atoms with E-state index >= 15 is 0 Å². The van der Waals surface area contributed by atoms with Crippen molar-refractivity contribution in [1.82, 2.24) is 4.90 Å². The van der Waals surface area contributed by atoms with Crippen LogP contribution < -0.4 is 9.47 Å². The summed E-state index contributed by atoms with van der Waals surface area (Å²) in [5.74, 6) is 2.54. The van der Waals surface area contributed by atoms with E-state index in [4.69, 9.17) is 14.2 Å². The van der Waals surface area contributed by atoms with E-state index in [2.05, 4.69) is 53.4 Å². The zero-order valence-electron chi connectivity index (χ0n) is 22.3. The van der Waals surface area contributed by atoms with Crippen molar-refractivity contribution in [1.29, 1.82) is 0 Å². The van der Waals surface area contributed by atoms with Crippen LogP contribution >= 0.6 is 0 Å². The molecule has 2 bridgehead atoms. The maximum atomic E-state index is 13.7. The molecule has 3 aromatic carbocycles. The van der Waals surface area contributed by atoms with Crippen LogP contribution in [0, 0.1) is 5.92 Å². The lowest BCUT2D eigenvalue weighted by Gasteiger charge is -2.64. The maximum Gasteiger partial charge on any atom is 0.174 e. The van der Waals surface area contributed by atoms with Gasteiger partial charge in [0, 0.05) is 24.6 Å². The van der Waals surface area contributed by atoms with Gasteiger partial charge < -0.3 is 14.2 Å². The van der Waals surface area contributed by atoms with Gasteiger partial charge >= 0.3 is 0 Å². The Morgan fingerprint density at radius 1 is 0.897 bits per heavy atom. The normalized spacial score (nSPS) is 30.5. The van der Waals surface area contributed by atoms with E-state index in [9.17, 15) is 4.79 Å². The monoisotopic (exact) mass is 521 g/mol. The summed E-state index contributed by atoms with van der Waals surface area (Å²) in [6, 6.07) is 25.2. The molecule has 2 heterocycles. The van der Waals surface area contributed by atoms with E-state index in [1.165, 1.54) is 29.5 Å². The van der Waals surface area contributed by atoms with Gasteiger partial charge in [-0.3, -0.25) is 9.69 Å². The van der Waals surface area contributed by atoms with E-state index < -0.39 is 17.1 Å². The van der Waals surface area contributed by atoms with Crippen molar-refractivity contribution in [2.24, 2.45) is 5.92 Å². The highest BCUT2D eigenvalue weighted by atomic mass is 16.5. The van der Waals surface area contributed by atoms with E-state index in [0.29, 0.717) is 19.6 Å². The van der Waals surface area contributed by atoms with Crippen LogP contribution in [-0.4, -0.2) is 41.5 Å². The minimum absolute atomic E-state index is 0.210. The first-order chi connectivity index (χ1) is 19.2. The Bertz CT molecular complexity index is 1400. The van der Waals surface area contributed by atoms with Crippen LogP contribution in [0.5, 0.6) is 11.5 Å². The number of carbonyl (C=O) groups excluding carboxylic acids is 1. The van der Waals surface area contributed by atoms with Crippen molar-refractivity contribution >= 4 is 5.78 Å². The highest BCUT2D eigenvalue weighted by molar-refractivity contribution is 5.90. The van der Waals surface area contributed by atoms with Gasteiger partial charge in [-0.2, -0.15) is 0 Å². The highest BCUT2D eigenvalue weighted by Crippen LogP contribution is 2.66. The molecule has 5 heteroatoms. The average Bonchev–Trinajstić information content (AvgIpc) is 3.72. The molecule has 5 nitrogen and oxygen atoms in total. The average molecular weight is 522 g/mol. The van der Waals surface area contributed by atoms with Gasteiger partial charge in [0.15, 0.2) is 23.4 Å². The minimum Gasteiger partial charge on any atom is -0.485 e. The van der Waals surface area contributed by atoms with Gasteiger partial charge in [0.2, 0.25) is 0 Å². The number of ether oxygens (including phenoxy) is 3. The van der Waals surface area contributed by atoms with E-state index in [1.807, 2.05) is 24.3 Å². The third-order valence-corrected chi connectivity index (χ3v) is 10.1. The first kappa shape index (κ1) is 23.7. The molecule has 4 atom stereocenters. The molecule has 0 N–H and O–H groups in total. The number of nitrogens with zero attached hydrogens (tertiary/aromatic N) is 1. The Balaban J connectivity index is 1.24. The zero-order valence-corrected chi connectivity index (χ0v) is 22.3. The predicted octanol–water partition coefficient (Wildman–Crippen LogP) is 5.62. The fraction of sp³-hybridized carbons (Fsp3) is 0.441. The van der Waals surface area contributed by atoms with Crippen molar-refractivity contribution in [3.63, 3.8) is 0 Å². The Morgan fingerprint density at radius 2 is 1.64 bits per heavy atom. The summed E-state index contributed by atoms with van der Waals surface area (Å²) in [4.78, 5) is 16.4. The van der Waals surface area contributed by atoms with Crippen LogP contribution in [0.15, 0.2) is 72.8 Å². The van der Waals surface area contributed by atoms with Crippen LogP contribution in [0.25, 0.3) is 0 Å². The van der Waals surface area contributed by atoms with Gasteiger partial charge in [-0.15, -0.1) is 0 Å². The summed E-state index contributed by atoms with van der Waals surface area (Å²) in [6.45, 7) is 3.14. The van der Waals surface area contributed by atoms with E-state index in [-0.39, 0.29) is 11.8 Å². The number of Topliss-reactive ketones (excluding diaryl/α,β-unsaturated/α-hetero) is 1. The second kappa shape index (κ2) is 8.94. The van der Waals surface area contributed by atoms with Crippen LogP contribution in [0.2, 0.25) is 0 Å². The Labute approximate surface area is 230 Å². The van der Waals surface area contributed by atoms with Crippen molar-refractivity contribution in [2.45, 2.75) is 74.9 Å². The molecule has 3 aliphatic carbocycles. The van der Waals surface area contributed by atoms with Gasteiger partial charge in [0.05, 0.1) is 17.6 Å². The Hall–Kier alpha value is -3.15. The molecule has 0 aromatic heterocycles. The van der Waals surface area contributed by atoms with Gasteiger partial charge in [0.25, 0.3) is 0 Å². The molecule has 3 fully saturated rings. The first-order valence-electron chi connectivity index (χ1n) is 14.6. The van der Waals surface area contributed by atoms with Crippen molar-refractivity contribution in [3.8, 4) is 11.5 Å². The van der Waals surface area contributed by atoms with Crippen LogP contribution in [0.3, 0.4) is 0 Å². The summed E-state index contributed by atoms with van der Waals surface area (Å²) < 4.78 is 20.3. The third-order valence-electron chi connectivity index (χ3n) is 10.1. The van der Waals surface area contributed by atoms with Crippen molar-refractivity contribution in [2.75, 3.05) is 13.1 Å². The molecule has 0 radical (unpaired) electrons. The largest absolute Gasteiger partial charge is 0.485 e. The number of likely N-dealkylation sites (tertiary alicyclic amines) is 1. The lowest BCUT2D eigenvalue weighted by Crippen LogP contribution is -2.77. The summed E-state index contributed by atoms with van der Waals surface area (Å²) in [7, 11) is 0. The number of ketones is 1. The molecule has 0 amide bonds. The molecule has 39 heavy (non-hydrogen) atoms. The predicted molar refractivity (Wildman–Crippen MR) is 148 cm³/mol. The van der Waals surface area contributed by atoms with Gasteiger partial charge in [-0.1, -0.05) is 66.7 Å². The number of rotatable bonds is 8. The number of benzene rings is 3. The summed E-state index contributed by atoms with van der Waals surface area (Å²) in [5, 5.41) is 0. The van der Waals surface area contributed by atoms with Gasteiger partial charge in [0.1, 0.15) is 6.61 Å². The number of piperidine rings is 1. The molecule has 8 rings (SSSR count). The lowest BCUT2D eigenvalue weighted by molar-refractivity contribution is -0.218. The summed E-state index contributed by atoms with van der Waals surface area (Å²) >= 11 is 0. The third kappa shape index (κ3) is 3.56. The number of carbonyl (C=O) groups is 1. The molecular weight excluding hydrogens is 486 g/mol. The Morgan fingerprint density at radius 3 is 2.38 bits per heavy atom. The molecule has 1 saturated heterocycles. The Kier molecular flexibility index (Phi) is 5.43. The molecule has 2 saturated carbocycles. The van der Waals surface area contributed by atoms with E-state index in [1.54, 1.807) is 0 Å². The van der Waals surface area contributed by atoms with Crippen molar-refractivity contribution < 1.29 is 19.0 Å². The topological polar surface area (TPSA) is 48.0 Å². The zero-order chi connectivity index (χ0) is 26.0. The number of hydrogen-bond donors (Lipinski definition) is 0. The molecular formula is C34H35NO4. The molecule has 2 aliphatic heterocycles. The second-order valence-corrected chi connectivity index (χ2v) is 12.2. The quantitative estimate of drug-likeness (QED) is 0.385. The molecule has 3 aromatic rings. The summed E-state index contributed by atoms with van der Waals surface area (Å²) in [6.07, 6.45) is 5.21. The van der Waals surface area contributed by atoms with Gasteiger partial charge in [-0.25, -0.2) is 0 Å². The first-order valence-corrected chi connectivity index (χ1v) is 14.6.